The summed E-state index contributed by atoms with van der Waals surface area (Å²) in [5.74, 6) is 0.870. The first-order chi connectivity index (χ1) is 9.99. The third-order valence-corrected chi connectivity index (χ3v) is 4.65. The summed E-state index contributed by atoms with van der Waals surface area (Å²) in [6.07, 6.45) is 0. The van der Waals surface area contributed by atoms with Crippen LogP contribution in [0.1, 0.15) is 25.5 Å². The molecule has 4 nitrogen and oxygen atoms in total. The second-order valence-corrected chi connectivity index (χ2v) is 7.14. The van der Waals surface area contributed by atoms with Crippen molar-refractivity contribution in [1.82, 2.24) is 10.2 Å². The van der Waals surface area contributed by atoms with Gasteiger partial charge < -0.3 is 15.2 Å². The van der Waals surface area contributed by atoms with E-state index >= 15 is 0 Å². The molecule has 1 aromatic carbocycles. The van der Waals surface area contributed by atoms with Gasteiger partial charge in [0.1, 0.15) is 5.75 Å². The molecule has 0 spiro atoms. The molecule has 1 aliphatic heterocycles. The maximum Gasteiger partial charge on any atom is 0.124 e. The van der Waals surface area contributed by atoms with Crippen molar-refractivity contribution in [2.24, 2.45) is 5.41 Å². The minimum atomic E-state index is -0.238. The predicted molar refractivity (Wildman–Crippen MR) is 96.0 cm³/mol. The lowest BCUT2D eigenvalue weighted by Crippen LogP contribution is -2.49. The molecule has 0 aliphatic carbocycles. The van der Waals surface area contributed by atoms with Gasteiger partial charge in [-0.05, 0) is 12.1 Å². The van der Waals surface area contributed by atoms with E-state index in [1.807, 2.05) is 12.1 Å². The van der Waals surface area contributed by atoms with Gasteiger partial charge in [0.15, 0.2) is 0 Å². The maximum atomic E-state index is 9.88. The highest BCUT2D eigenvalue weighted by molar-refractivity contribution is 9.10. The second kappa shape index (κ2) is 8.50. The van der Waals surface area contributed by atoms with E-state index in [4.69, 9.17) is 4.74 Å². The first-order valence-corrected chi connectivity index (χ1v) is 8.18. The first kappa shape index (κ1) is 19.7. The zero-order valence-electron chi connectivity index (χ0n) is 13.4. The van der Waals surface area contributed by atoms with Crippen molar-refractivity contribution in [2.45, 2.75) is 19.9 Å². The van der Waals surface area contributed by atoms with Crippen LogP contribution < -0.4 is 10.1 Å². The number of methoxy groups -OCH3 is 1. The summed E-state index contributed by atoms with van der Waals surface area (Å²) in [6, 6.07) is 6.28. The summed E-state index contributed by atoms with van der Waals surface area (Å²) in [5.41, 5.74) is 0.903. The van der Waals surface area contributed by atoms with Crippen LogP contribution in [0.5, 0.6) is 5.75 Å². The Balaban J connectivity index is 0.00000242. The molecule has 1 aliphatic rings. The van der Waals surface area contributed by atoms with Crippen LogP contribution in [0.4, 0.5) is 0 Å². The fourth-order valence-electron chi connectivity index (χ4n) is 3.05. The van der Waals surface area contributed by atoms with Gasteiger partial charge in [-0.2, -0.15) is 0 Å². The Morgan fingerprint density at radius 1 is 1.36 bits per heavy atom. The lowest BCUT2D eigenvalue weighted by Gasteiger charge is -2.43. The molecule has 1 atom stereocenters. The zero-order chi connectivity index (χ0) is 15.5. The molecule has 1 heterocycles. The van der Waals surface area contributed by atoms with Crippen molar-refractivity contribution in [1.29, 1.82) is 0 Å². The summed E-state index contributed by atoms with van der Waals surface area (Å²) < 4.78 is 6.59. The molecule has 1 aromatic rings. The summed E-state index contributed by atoms with van der Waals surface area (Å²) in [4.78, 5) is 2.44. The number of piperazine rings is 1. The van der Waals surface area contributed by atoms with Gasteiger partial charge in [0, 0.05) is 54.3 Å². The average molecular weight is 394 g/mol. The minimum absolute atomic E-state index is 0. The highest BCUT2D eigenvalue weighted by Crippen LogP contribution is 2.42. The van der Waals surface area contributed by atoms with E-state index in [-0.39, 0.29) is 30.5 Å². The van der Waals surface area contributed by atoms with E-state index < -0.39 is 0 Å². The summed E-state index contributed by atoms with van der Waals surface area (Å²) >= 11 is 3.50. The van der Waals surface area contributed by atoms with Gasteiger partial charge in [-0.3, -0.25) is 4.90 Å². The largest absolute Gasteiger partial charge is 0.496 e. The number of nitrogens with zero attached hydrogens (tertiary/aromatic N) is 1. The number of nitrogens with one attached hydrogen (secondary N) is 1. The van der Waals surface area contributed by atoms with Crippen LogP contribution in [0, 0.1) is 5.41 Å². The van der Waals surface area contributed by atoms with Gasteiger partial charge in [-0.15, -0.1) is 12.4 Å². The first-order valence-electron chi connectivity index (χ1n) is 7.38. The van der Waals surface area contributed by atoms with Crippen molar-refractivity contribution < 1.29 is 9.84 Å². The normalized spacial score (nSPS) is 17.7. The number of hydrogen-bond donors (Lipinski definition) is 2. The molecule has 0 amide bonds. The Hall–Kier alpha value is -0.330. The molecule has 1 fully saturated rings. The van der Waals surface area contributed by atoms with E-state index in [1.165, 1.54) is 0 Å². The third-order valence-electron chi connectivity index (χ3n) is 4.15. The predicted octanol–water partition coefficient (Wildman–Crippen LogP) is 2.84. The van der Waals surface area contributed by atoms with E-state index in [0.29, 0.717) is 0 Å². The summed E-state index contributed by atoms with van der Waals surface area (Å²) in [7, 11) is 1.70. The van der Waals surface area contributed by atoms with Crippen molar-refractivity contribution >= 4 is 28.3 Å². The monoisotopic (exact) mass is 392 g/mol. The Labute approximate surface area is 147 Å². The topological polar surface area (TPSA) is 44.7 Å². The Bertz CT molecular complexity index is 479. The minimum Gasteiger partial charge on any atom is -0.496 e. The molecule has 1 saturated heterocycles. The molecule has 2 N–H and O–H groups in total. The lowest BCUT2D eigenvalue weighted by molar-refractivity contribution is 0.0292. The SMILES string of the molecule is COc1cc(Br)ccc1[C@@H](N1CCNCC1)C(C)(C)CO.Cl. The second-order valence-electron chi connectivity index (χ2n) is 6.22. The van der Waals surface area contributed by atoms with Crippen molar-refractivity contribution in [2.75, 3.05) is 39.9 Å². The van der Waals surface area contributed by atoms with E-state index in [0.717, 1.165) is 42.0 Å². The molecule has 0 aromatic heterocycles. The Kier molecular flexibility index (Phi) is 7.62. The number of rotatable bonds is 5. The summed E-state index contributed by atoms with van der Waals surface area (Å²) in [5, 5.41) is 13.3. The fourth-order valence-corrected chi connectivity index (χ4v) is 3.39. The Morgan fingerprint density at radius 3 is 2.55 bits per heavy atom. The van der Waals surface area contributed by atoms with Crippen molar-refractivity contribution in [3.63, 3.8) is 0 Å². The van der Waals surface area contributed by atoms with Gasteiger partial charge in [0.25, 0.3) is 0 Å². The van der Waals surface area contributed by atoms with Crippen LogP contribution in [0.2, 0.25) is 0 Å². The lowest BCUT2D eigenvalue weighted by atomic mass is 9.79. The molecule has 6 heteroatoms. The smallest absolute Gasteiger partial charge is 0.124 e. The standard InChI is InChI=1S/C16H25BrN2O2.ClH/c1-16(2,11-20)15(19-8-6-18-7-9-19)13-5-4-12(17)10-14(13)21-3;/h4-5,10,15,18,20H,6-9,11H2,1-3H3;1H/t15-;/m1./s1. The van der Waals surface area contributed by atoms with Gasteiger partial charge in [0.05, 0.1) is 7.11 Å². The van der Waals surface area contributed by atoms with Gasteiger partial charge in [-0.25, -0.2) is 0 Å². The number of aliphatic hydroxyl groups is 1. The van der Waals surface area contributed by atoms with Crippen LogP contribution in [-0.2, 0) is 0 Å². The molecular weight excluding hydrogens is 368 g/mol. The molecule has 2 rings (SSSR count). The molecule has 22 heavy (non-hydrogen) atoms. The van der Waals surface area contributed by atoms with Gasteiger partial charge in [-0.1, -0.05) is 35.8 Å². The van der Waals surface area contributed by atoms with Crippen molar-refractivity contribution in [3.05, 3.63) is 28.2 Å². The van der Waals surface area contributed by atoms with Crippen LogP contribution >= 0.6 is 28.3 Å². The number of halogens is 2. The van der Waals surface area contributed by atoms with Crippen molar-refractivity contribution in [3.8, 4) is 5.75 Å². The summed E-state index contributed by atoms with van der Waals surface area (Å²) in [6.45, 7) is 8.29. The van der Waals surface area contributed by atoms with E-state index in [2.05, 4.69) is 46.1 Å². The molecular formula is C16H26BrClN2O2. The fraction of sp³-hybridized carbons (Fsp3) is 0.625. The molecule has 126 valence electrons. The zero-order valence-corrected chi connectivity index (χ0v) is 15.8. The third kappa shape index (κ3) is 4.36. The van der Waals surface area contributed by atoms with Crippen LogP contribution in [0.15, 0.2) is 22.7 Å². The maximum absolute atomic E-state index is 9.88. The molecule has 0 radical (unpaired) electrons. The quantitative estimate of drug-likeness (QED) is 0.807. The van der Waals surface area contributed by atoms with E-state index in [1.54, 1.807) is 7.11 Å². The molecule has 0 saturated carbocycles. The average Bonchev–Trinajstić information content (AvgIpc) is 2.50. The van der Waals surface area contributed by atoms with Crippen LogP contribution in [-0.4, -0.2) is 49.9 Å². The van der Waals surface area contributed by atoms with Gasteiger partial charge in [0.2, 0.25) is 0 Å². The van der Waals surface area contributed by atoms with E-state index in [9.17, 15) is 5.11 Å². The Morgan fingerprint density at radius 2 is 2.00 bits per heavy atom. The van der Waals surface area contributed by atoms with Gasteiger partial charge >= 0.3 is 0 Å². The van der Waals surface area contributed by atoms with Crippen LogP contribution in [0.25, 0.3) is 0 Å². The number of hydrogen-bond acceptors (Lipinski definition) is 4. The number of aliphatic hydroxyl groups excluding tert-OH is 1. The highest BCUT2D eigenvalue weighted by atomic mass is 79.9. The highest BCUT2D eigenvalue weighted by Gasteiger charge is 2.37. The van der Waals surface area contributed by atoms with Crippen LogP contribution in [0.3, 0.4) is 0 Å². The number of ether oxygens (including phenoxy) is 1. The molecule has 0 bridgehead atoms. The number of benzene rings is 1. The molecule has 0 unspecified atom stereocenters.